The Morgan fingerprint density at radius 3 is 2.43 bits per heavy atom. The van der Waals surface area contributed by atoms with Crippen LogP contribution in [-0.2, 0) is 7.05 Å². The Bertz CT molecular complexity index is 607. The molecule has 0 unspecified atom stereocenters. The summed E-state index contributed by atoms with van der Waals surface area (Å²) in [6.45, 7) is 0.740. The van der Waals surface area contributed by atoms with E-state index in [9.17, 15) is 10.2 Å². The van der Waals surface area contributed by atoms with E-state index >= 15 is 0 Å². The lowest BCUT2D eigenvalue weighted by molar-refractivity contribution is 0.281. The second kappa shape index (κ2) is 6.85. The molecule has 5 nitrogen and oxygen atoms in total. The van der Waals surface area contributed by atoms with Crippen molar-refractivity contribution in [2.75, 3.05) is 36.9 Å². The Balaban J connectivity index is 2.60. The lowest BCUT2D eigenvalue weighted by Gasteiger charge is -2.27. The number of aliphatic hydroxyl groups is 2. The maximum Gasteiger partial charge on any atom is 0.0667 e. The first kappa shape index (κ1) is 15.7. The minimum Gasteiger partial charge on any atom is -0.399 e. The zero-order valence-corrected chi connectivity index (χ0v) is 12.7. The number of aliphatic hydroxyl groups excluding tert-OH is 2. The fraction of sp³-hybridized carbons (Fsp3) is 0.333. The number of aromatic nitrogens is 1. The van der Waals surface area contributed by atoms with Gasteiger partial charge < -0.3 is 25.4 Å². The Kier molecular flexibility index (Phi) is 5.12. The average Bonchev–Trinajstić information content (AvgIpc) is 2.84. The summed E-state index contributed by atoms with van der Waals surface area (Å²) in [6.07, 6.45) is 1.94. The summed E-state index contributed by atoms with van der Waals surface area (Å²) >= 11 is 6.38. The summed E-state index contributed by atoms with van der Waals surface area (Å²) in [7, 11) is 1.94. The molecule has 1 heterocycles. The smallest absolute Gasteiger partial charge is 0.0667 e. The molecule has 6 heteroatoms. The fourth-order valence-corrected chi connectivity index (χ4v) is 2.80. The summed E-state index contributed by atoms with van der Waals surface area (Å²) in [5.74, 6) is 0. The number of hydrogen-bond donors (Lipinski definition) is 3. The largest absolute Gasteiger partial charge is 0.399 e. The number of aryl methyl sites for hydroxylation is 1. The minimum atomic E-state index is -0.0206. The number of hydrogen-bond acceptors (Lipinski definition) is 4. The minimum absolute atomic E-state index is 0.0206. The third-order valence-electron chi connectivity index (χ3n) is 3.36. The molecule has 2 rings (SSSR count). The highest BCUT2D eigenvalue weighted by Crippen LogP contribution is 2.38. The van der Waals surface area contributed by atoms with Gasteiger partial charge in [0.2, 0.25) is 0 Å². The van der Waals surface area contributed by atoms with E-state index in [1.165, 1.54) is 0 Å². The normalized spacial score (nSPS) is 10.9. The monoisotopic (exact) mass is 309 g/mol. The van der Waals surface area contributed by atoms with Crippen molar-refractivity contribution in [2.45, 2.75) is 0 Å². The van der Waals surface area contributed by atoms with Crippen molar-refractivity contribution in [3.63, 3.8) is 0 Å². The second-order valence-electron chi connectivity index (χ2n) is 4.84. The molecule has 1 aromatic heterocycles. The molecule has 0 amide bonds. The molecular weight excluding hydrogens is 290 g/mol. The van der Waals surface area contributed by atoms with E-state index in [0.29, 0.717) is 23.8 Å². The third kappa shape index (κ3) is 3.32. The van der Waals surface area contributed by atoms with E-state index in [4.69, 9.17) is 17.3 Å². The summed E-state index contributed by atoms with van der Waals surface area (Å²) in [5.41, 5.74) is 9.13. The number of halogens is 1. The summed E-state index contributed by atoms with van der Waals surface area (Å²) in [4.78, 5) is 1.87. The van der Waals surface area contributed by atoms with Crippen LogP contribution < -0.4 is 10.6 Å². The van der Waals surface area contributed by atoms with Gasteiger partial charge in [-0.2, -0.15) is 0 Å². The maximum atomic E-state index is 9.25. The number of nitrogens with zero attached hydrogens (tertiary/aromatic N) is 2. The Morgan fingerprint density at radius 1 is 1.24 bits per heavy atom. The van der Waals surface area contributed by atoms with Crippen molar-refractivity contribution >= 4 is 23.0 Å². The van der Waals surface area contributed by atoms with Gasteiger partial charge in [-0.1, -0.05) is 11.6 Å². The highest BCUT2D eigenvalue weighted by molar-refractivity contribution is 6.34. The first-order valence-electron chi connectivity index (χ1n) is 6.76. The molecule has 0 spiro atoms. The molecule has 0 radical (unpaired) electrons. The molecule has 0 aliphatic heterocycles. The molecule has 21 heavy (non-hydrogen) atoms. The maximum absolute atomic E-state index is 9.25. The van der Waals surface area contributed by atoms with E-state index in [1.54, 1.807) is 6.07 Å². The number of anilines is 2. The van der Waals surface area contributed by atoms with Crippen LogP contribution in [-0.4, -0.2) is 41.1 Å². The van der Waals surface area contributed by atoms with Crippen LogP contribution in [0, 0.1) is 0 Å². The van der Waals surface area contributed by atoms with Crippen molar-refractivity contribution in [3.8, 4) is 11.3 Å². The van der Waals surface area contributed by atoms with Crippen LogP contribution in [0.5, 0.6) is 0 Å². The van der Waals surface area contributed by atoms with Gasteiger partial charge in [0.1, 0.15) is 0 Å². The van der Waals surface area contributed by atoms with E-state index in [-0.39, 0.29) is 13.2 Å². The van der Waals surface area contributed by atoms with Gasteiger partial charge in [-0.15, -0.1) is 0 Å². The van der Waals surface area contributed by atoms with Crippen LogP contribution in [0.3, 0.4) is 0 Å². The van der Waals surface area contributed by atoms with Crippen molar-refractivity contribution < 1.29 is 10.2 Å². The fourth-order valence-electron chi connectivity index (χ4n) is 2.45. The van der Waals surface area contributed by atoms with Crippen LogP contribution in [0.15, 0.2) is 30.5 Å². The Morgan fingerprint density at radius 2 is 1.90 bits per heavy atom. The standard InChI is InChI=1S/C15H20ClN3O2/c1-18-4-2-3-14(18)12-9-11(17)10-13(16)15(12)19(5-7-20)6-8-21/h2-4,9-10,20-21H,5-8,17H2,1H3. The SMILES string of the molecule is Cn1cccc1-c1cc(N)cc(Cl)c1N(CCO)CCO. The summed E-state index contributed by atoms with van der Waals surface area (Å²) in [6, 6.07) is 7.46. The molecule has 1 aromatic carbocycles. The van der Waals surface area contributed by atoms with E-state index in [2.05, 4.69) is 0 Å². The number of nitrogen functional groups attached to an aromatic ring is 1. The third-order valence-corrected chi connectivity index (χ3v) is 3.65. The molecular formula is C15H20ClN3O2. The van der Waals surface area contributed by atoms with Gasteiger partial charge in [-0.05, 0) is 24.3 Å². The van der Waals surface area contributed by atoms with Crippen LogP contribution in [0.4, 0.5) is 11.4 Å². The molecule has 114 valence electrons. The highest BCUT2D eigenvalue weighted by atomic mass is 35.5. The van der Waals surface area contributed by atoms with Gasteiger partial charge in [0.05, 0.1) is 23.9 Å². The number of nitrogens with two attached hydrogens (primary N) is 1. The van der Waals surface area contributed by atoms with Gasteiger partial charge in [0.15, 0.2) is 0 Å². The van der Waals surface area contributed by atoms with Crippen LogP contribution in [0.25, 0.3) is 11.3 Å². The van der Waals surface area contributed by atoms with E-state index in [0.717, 1.165) is 16.9 Å². The topological polar surface area (TPSA) is 74.7 Å². The van der Waals surface area contributed by atoms with Gasteiger partial charge in [0.25, 0.3) is 0 Å². The second-order valence-corrected chi connectivity index (χ2v) is 5.24. The molecule has 4 N–H and O–H groups in total. The van der Waals surface area contributed by atoms with Gasteiger partial charge in [-0.25, -0.2) is 0 Å². The lowest BCUT2D eigenvalue weighted by Crippen LogP contribution is -2.30. The summed E-state index contributed by atoms with van der Waals surface area (Å²) in [5, 5.41) is 19.0. The Labute approximate surface area is 129 Å². The van der Waals surface area contributed by atoms with Crippen LogP contribution >= 0.6 is 11.6 Å². The van der Waals surface area contributed by atoms with E-state index in [1.807, 2.05) is 40.9 Å². The molecule has 0 fully saturated rings. The lowest BCUT2D eigenvalue weighted by atomic mass is 10.1. The number of benzene rings is 1. The molecule has 2 aromatic rings. The predicted molar refractivity (Wildman–Crippen MR) is 86.7 cm³/mol. The van der Waals surface area contributed by atoms with Crippen molar-refractivity contribution in [1.29, 1.82) is 0 Å². The Hall–Kier alpha value is -1.69. The highest BCUT2D eigenvalue weighted by Gasteiger charge is 2.18. The molecule has 0 aliphatic rings. The van der Waals surface area contributed by atoms with E-state index < -0.39 is 0 Å². The van der Waals surface area contributed by atoms with Crippen LogP contribution in [0.2, 0.25) is 5.02 Å². The average molecular weight is 310 g/mol. The quantitative estimate of drug-likeness (QED) is 0.710. The van der Waals surface area contributed by atoms with Gasteiger partial charge in [-0.3, -0.25) is 0 Å². The molecule has 0 aliphatic carbocycles. The van der Waals surface area contributed by atoms with Crippen molar-refractivity contribution in [1.82, 2.24) is 4.57 Å². The first-order valence-corrected chi connectivity index (χ1v) is 7.13. The molecule has 0 saturated carbocycles. The van der Waals surface area contributed by atoms with Gasteiger partial charge in [0, 0.05) is 43.3 Å². The van der Waals surface area contributed by atoms with Gasteiger partial charge >= 0.3 is 0 Å². The van der Waals surface area contributed by atoms with Crippen molar-refractivity contribution in [2.24, 2.45) is 7.05 Å². The number of rotatable bonds is 6. The molecule has 0 bridgehead atoms. The predicted octanol–water partition coefficient (Wildman–Crippen LogP) is 1.72. The molecule has 0 saturated heterocycles. The van der Waals surface area contributed by atoms with Crippen molar-refractivity contribution in [3.05, 3.63) is 35.5 Å². The molecule has 0 atom stereocenters. The zero-order chi connectivity index (χ0) is 15.4. The first-order chi connectivity index (χ1) is 10.1. The zero-order valence-electron chi connectivity index (χ0n) is 12.0. The summed E-state index contributed by atoms with van der Waals surface area (Å²) < 4.78 is 1.98. The van der Waals surface area contributed by atoms with Crippen LogP contribution in [0.1, 0.15) is 0 Å².